The Bertz CT molecular complexity index is 96.1. The molecule has 0 saturated carbocycles. The third-order valence-electron chi connectivity index (χ3n) is 0.469. The van der Waals surface area contributed by atoms with Gasteiger partial charge in [0.15, 0.2) is 13.2 Å². The van der Waals surface area contributed by atoms with E-state index in [-0.39, 0.29) is 5.09 Å². The van der Waals surface area contributed by atoms with Crippen molar-refractivity contribution >= 4 is 0 Å². The SMILES string of the molecule is CCO[N+](=O)OCC.CN(C)C. The van der Waals surface area contributed by atoms with Gasteiger partial charge >= 0.3 is 5.09 Å². The van der Waals surface area contributed by atoms with E-state index in [9.17, 15) is 4.91 Å². The van der Waals surface area contributed by atoms with Gasteiger partial charge in [-0.05, 0) is 35.0 Å². The van der Waals surface area contributed by atoms with Crippen molar-refractivity contribution in [2.45, 2.75) is 13.8 Å². The van der Waals surface area contributed by atoms with E-state index in [1.165, 1.54) is 0 Å². The summed E-state index contributed by atoms with van der Waals surface area (Å²) in [5.74, 6) is 0. The number of nitrogens with zero attached hydrogens (tertiary/aromatic N) is 2. The lowest BCUT2D eigenvalue weighted by atomic mass is 10.9. The molecule has 12 heavy (non-hydrogen) atoms. The van der Waals surface area contributed by atoms with E-state index in [0.29, 0.717) is 13.2 Å². The van der Waals surface area contributed by atoms with Gasteiger partial charge in [0.25, 0.3) is 0 Å². The Balaban J connectivity index is 0. The molecule has 0 atom stereocenters. The molecule has 5 heteroatoms. The minimum Gasteiger partial charge on any atom is -0.312 e. The summed E-state index contributed by atoms with van der Waals surface area (Å²) in [6, 6.07) is 0. The van der Waals surface area contributed by atoms with Crippen LogP contribution in [0.15, 0.2) is 0 Å². The second-order valence-corrected chi connectivity index (χ2v) is 2.40. The van der Waals surface area contributed by atoms with Crippen molar-refractivity contribution in [3.05, 3.63) is 4.91 Å². The van der Waals surface area contributed by atoms with Crippen molar-refractivity contribution in [3.63, 3.8) is 0 Å². The Morgan fingerprint density at radius 3 is 1.50 bits per heavy atom. The van der Waals surface area contributed by atoms with Gasteiger partial charge in [-0.1, -0.05) is 0 Å². The van der Waals surface area contributed by atoms with Gasteiger partial charge in [-0.2, -0.15) is 9.68 Å². The van der Waals surface area contributed by atoms with Crippen LogP contribution < -0.4 is 0 Å². The summed E-state index contributed by atoms with van der Waals surface area (Å²) in [5, 5.41) is 0.111. The average molecular weight is 179 g/mol. The molecule has 0 aliphatic heterocycles. The number of hydrogen-bond donors (Lipinski definition) is 0. The summed E-state index contributed by atoms with van der Waals surface area (Å²) < 4.78 is 0. The smallest absolute Gasteiger partial charge is 0.312 e. The summed E-state index contributed by atoms with van der Waals surface area (Å²) >= 11 is 0. The molecule has 0 heterocycles. The average Bonchev–Trinajstić information content (AvgIpc) is 1.87. The molecule has 74 valence electrons. The van der Waals surface area contributed by atoms with Crippen molar-refractivity contribution in [1.82, 2.24) is 4.90 Å². The van der Waals surface area contributed by atoms with E-state index in [1.807, 2.05) is 26.0 Å². The summed E-state index contributed by atoms with van der Waals surface area (Å²) in [4.78, 5) is 20.8. The van der Waals surface area contributed by atoms with Crippen molar-refractivity contribution in [2.75, 3.05) is 34.4 Å². The van der Waals surface area contributed by atoms with Crippen molar-refractivity contribution in [3.8, 4) is 0 Å². The Morgan fingerprint density at radius 1 is 1.08 bits per heavy atom. The van der Waals surface area contributed by atoms with E-state index >= 15 is 0 Å². The van der Waals surface area contributed by atoms with Crippen molar-refractivity contribution in [1.29, 1.82) is 0 Å². The van der Waals surface area contributed by atoms with Crippen LogP contribution in [-0.2, 0) is 9.68 Å². The molecule has 0 N–H and O–H groups in total. The first-order valence-electron chi connectivity index (χ1n) is 3.88. The van der Waals surface area contributed by atoms with E-state index in [1.54, 1.807) is 13.8 Å². The highest BCUT2D eigenvalue weighted by molar-refractivity contribution is 4.09. The second-order valence-electron chi connectivity index (χ2n) is 2.40. The Kier molecular flexibility index (Phi) is 11.6. The first-order valence-corrected chi connectivity index (χ1v) is 3.88. The highest BCUT2D eigenvalue weighted by Gasteiger charge is 2.05. The zero-order valence-electron chi connectivity index (χ0n) is 8.53. The molecule has 0 aromatic carbocycles. The predicted molar refractivity (Wildman–Crippen MR) is 46.5 cm³/mol. The van der Waals surface area contributed by atoms with Crippen LogP contribution in [0.25, 0.3) is 0 Å². The fraction of sp³-hybridized carbons (Fsp3) is 1.00. The fourth-order valence-electron chi connectivity index (χ4n) is 0.248. The predicted octanol–water partition coefficient (Wildman–Crippen LogP) is 0.846. The van der Waals surface area contributed by atoms with Gasteiger partial charge in [0.2, 0.25) is 0 Å². The normalized spacial score (nSPS) is 8.50. The Hall–Kier alpha value is -0.840. The third-order valence-corrected chi connectivity index (χ3v) is 0.469. The molecular weight excluding hydrogens is 160 g/mol. The fourth-order valence-corrected chi connectivity index (χ4v) is 0.248. The lowest BCUT2D eigenvalue weighted by molar-refractivity contribution is -0.980. The standard InChI is InChI=1S/C4H10NO3.C3H9N/c1-3-7-5(6)8-4-2;1-4(2)3/h3-4H2,1-2H3;1-3H3/q+1;. The molecule has 0 aliphatic carbocycles. The largest absolute Gasteiger partial charge is 0.477 e. The molecule has 0 unspecified atom stereocenters. The van der Waals surface area contributed by atoms with Crippen LogP contribution in [0.5, 0.6) is 0 Å². The van der Waals surface area contributed by atoms with Crippen LogP contribution in [-0.4, -0.2) is 44.3 Å². The number of rotatable bonds is 4. The maximum atomic E-state index is 10.1. The molecule has 0 amide bonds. The summed E-state index contributed by atoms with van der Waals surface area (Å²) in [5.41, 5.74) is 0. The van der Waals surface area contributed by atoms with Gasteiger partial charge in [-0.3, -0.25) is 0 Å². The molecule has 0 aromatic rings. The summed E-state index contributed by atoms with van der Waals surface area (Å²) in [6.07, 6.45) is 0. The van der Waals surface area contributed by atoms with Gasteiger partial charge in [0, 0.05) is 0 Å². The van der Waals surface area contributed by atoms with Gasteiger partial charge < -0.3 is 4.90 Å². The minimum absolute atomic E-state index is 0.111. The van der Waals surface area contributed by atoms with Crippen LogP contribution in [0, 0.1) is 4.91 Å². The van der Waals surface area contributed by atoms with Gasteiger partial charge in [-0.25, -0.2) is 0 Å². The van der Waals surface area contributed by atoms with Gasteiger partial charge in [0.05, 0.1) is 0 Å². The molecule has 0 saturated heterocycles. The lowest BCUT2D eigenvalue weighted by Gasteiger charge is -1.90. The van der Waals surface area contributed by atoms with Gasteiger partial charge in [0.1, 0.15) is 4.91 Å². The minimum atomic E-state index is 0.111. The van der Waals surface area contributed by atoms with Crippen molar-refractivity contribution in [2.24, 2.45) is 0 Å². The molecular formula is C7H19N2O3+. The first-order chi connectivity index (χ1) is 5.54. The lowest BCUT2D eigenvalue weighted by Crippen LogP contribution is -2.09. The van der Waals surface area contributed by atoms with E-state index in [2.05, 4.69) is 9.68 Å². The second kappa shape index (κ2) is 10.2. The van der Waals surface area contributed by atoms with E-state index < -0.39 is 0 Å². The molecule has 0 bridgehead atoms. The molecule has 0 aromatic heterocycles. The van der Waals surface area contributed by atoms with Crippen LogP contribution >= 0.6 is 0 Å². The topological polar surface area (TPSA) is 41.8 Å². The first kappa shape index (κ1) is 13.7. The molecule has 0 fully saturated rings. The van der Waals surface area contributed by atoms with Crippen LogP contribution in [0.3, 0.4) is 0 Å². The summed E-state index contributed by atoms with van der Waals surface area (Å²) in [7, 11) is 6.00. The number of hydrogen-bond acceptors (Lipinski definition) is 4. The molecule has 0 aliphatic rings. The maximum Gasteiger partial charge on any atom is 0.477 e. The Morgan fingerprint density at radius 2 is 1.33 bits per heavy atom. The molecule has 5 nitrogen and oxygen atoms in total. The maximum absolute atomic E-state index is 10.1. The van der Waals surface area contributed by atoms with E-state index in [0.717, 1.165) is 0 Å². The molecule has 0 rings (SSSR count). The monoisotopic (exact) mass is 179 g/mol. The van der Waals surface area contributed by atoms with Crippen LogP contribution in [0.1, 0.15) is 13.8 Å². The zero-order valence-corrected chi connectivity index (χ0v) is 8.53. The van der Waals surface area contributed by atoms with E-state index in [4.69, 9.17) is 0 Å². The van der Waals surface area contributed by atoms with Crippen LogP contribution in [0.2, 0.25) is 0 Å². The highest BCUT2D eigenvalue weighted by Crippen LogP contribution is 1.77. The van der Waals surface area contributed by atoms with Crippen molar-refractivity contribution < 1.29 is 14.8 Å². The summed E-state index contributed by atoms with van der Waals surface area (Å²) in [6.45, 7) is 4.10. The third kappa shape index (κ3) is 22.9. The molecule has 0 radical (unpaired) electrons. The van der Waals surface area contributed by atoms with Crippen LogP contribution in [0.4, 0.5) is 0 Å². The quantitative estimate of drug-likeness (QED) is 0.600. The zero-order chi connectivity index (χ0) is 9.98. The molecule has 0 spiro atoms. The highest BCUT2D eigenvalue weighted by atomic mass is 17.0. The Labute approximate surface area is 73.7 Å². The van der Waals surface area contributed by atoms with Gasteiger partial charge in [-0.15, -0.1) is 0 Å².